The van der Waals surface area contributed by atoms with Gasteiger partial charge in [0, 0.05) is 41.2 Å². The molecule has 134 valence electrons. The van der Waals surface area contributed by atoms with Crippen LogP contribution >= 0.6 is 0 Å². The number of carboxylic acids is 1. The topological polar surface area (TPSA) is 116 Å². The highest BCUT2D eigenvalue weighted by molar-refractivity contribution is 6.06. The van der Waals surface area contributed by atoms with Gasteiger partial charge in [0.25, 0.3) is 0 Å². The zero-order valence-corrected chi connectivity index (χ0v) is 14.8. The molecule has 0 aliphatic heterocycles. The Morgan fingerprint density at radius 2 is 2.00 bits per heavy atom. The van der Waals surface area contributed by atoms with Crippen LogP contribution in [0.1, 0.15) is 51.9 Å². The van der Waals surface area contributed by atoms with Crippen LogP contribution in [0.3, 0.4) is 0 Å². The van der Waals surface area contributed by atoms with Gasteiger partial charge in [-0.2, -0.15) is 5.26 Å². The average molecular weight is 352 g/mol. The van der Waals surface area contributed by atoms with Crippen molar-refractivity contribution >= 4 is 11.9 Å². The molecule has 0 radical (unpaired) electrons. The van der Waals surface area contributed by atoms with Crippen molar-refractivity contribution in [3.63, 3.8) is 0 Å². The van der Waals surface area contributed by atoms with Gasteiger partial charge in [-0.1, -0.05) is 6.07 Å². The third-order valence-electron chi connectivity index (χ3n) is 3.89. The van der Waals surface area contributed by atoms with E-state index in [9.17, 15) is 14.7 Å². The van der Waals surface area contributed by atoms with Gasteiger partial charge in [0.2, 0.25) is 0 Å². The predicted molar refractivity (Wildman–Crippen MR) is 91.0 cm³/mol. The highest BCUT2D eigenvalue weighted by atomic mass is 16.5. The summed E-state index contributed by atoms with van der Waals surface area (Å²) in [5.74, 6) is -2.12. The van der Waals surface area contributed by atoms with Crippen molar-refractivity contribution in [3.05, 3.63) is 47.0 Å². The van der Waals surface area contributed by atoms with E-state index in [2.05, 4.69) is 9.97 Å². The SMILES string of the molecule is Cc1nc(C)c(C(=O)OC(C)CCC#N)c(-c2cccnc2)c1C(=O)[O-]. The van der Waals surface area contributed by atoms with Gasteiger partial charge < -0.3 is 14.6 Å². The smallest absolute Gasteiger partial charge is 0.340 e. The number of esters is 1. The van der Waals surface area contributed by atoms with E-state index in [4.69, 9.17) is 10.00 Å². The summed E-state index contributed by atoms with van der Waals surface area (Å²) in [7, 11) is 0. The summed E-state index contributed by atoms with van der Waals surface area (Å²) >= 11 is 0. The molecule has 0 saturated heterocycles. The molecular formula is C19H18N3O4-. The van der Waals surface area contributed by atoms with Crippen molar-refractivity contribution in [1.82, 2.24) is 9.97 Å². The Kier molecular flexibility index (Phi) is 6.02. The standard InChI is InChI=1S/C19H19N3O4/c1-11(6-4-8-20)26-19(25)16-13(3)22-12(2)15(18(23)24)17(16)14-7-5-9-21-10-14/h5,7,9-11H,4,6H2,1-3H3,(H,23,24)/p-1. The van der Waals surface area contributed by atoms with E-state index < -0.39 is 18.0 Å². The highest BCUT2D eigenvalue weighted by Crippen LogP contribution is 2.31. The van der Waals surface area contributed by atoms with E-state index >= 15 is 0 Å². The molecule has 2 aromatic rings. The number of aromatic nitrogens is 2. The van der Waals surface area contributed by atoms with Crippen molar-refractivity contribution in [2.24, 2.45) is 0 Å². The molecule has 0 fully saturated rings. The van der Waals surface area contributed by atoms with Crippen molar-refractivity contribution in [2.45, 2.75) is 39.7 Å². The Hall–Kier alpha value is -3.27. The zero-order chi connectivity index (χ0) is 19.3. The van der Waals surface area contributed by atoms with Crippen LogP contribution in [0.4, 0.5) is 0 Å². The van der Waals surface area contributed by atoms with E-state index in [1.165, 1.54) is 6.20 Å². The maximum Gasteiger partial charge on any atom is 0.340 e. The maximum atomic E-state index is 12.7. The number of carbonyl (C=O) groups excluding carboxylic acids is 2. The summed E-state index contributed by atoms with van der Waals surface area (Å²) in [5.41, 5.74) is 1.13. The molecule has 2 heterocycles. The molecular weight excluding hydrogens is 334 g/mol. The number of rotatable bonds is 6. The van der Waals surface area contributed by atoms with Crippen LogP contribution in [0.5, 0.6) is 0 Å². The largest absolute Gasteiger partial charge is 0.545 e. The summed E-state index contributed by atoms with van der Waals surface area (Å²) in [5, 5.41) is 20.4. The van der Waals surface area contributed by atoms with Gasteiger partial charge in [-0.05, 0) is 33.3 Å². The van der Waals surface area contributed by atoms with Gasteiger partial charge in [0.15, 0.2) is 0 Å². The number of carboxylic acid groups (broad SMARTS) is 1. The monoisotopic (exact) mass is 352 g/mol. The van der Waals surface area contributed by atoms with Crippen LogP contribution in [0.25, 0.3) is 11.1 Å². The van der Waals surface area contributed by atoms with Gasteiger partial charge in [-0.25, -0.2) is 4.79 Å². The second-order valence-electron chi connectivity index (χ2n) is 5.85. The minimum atomic E-state index is -1.43. The number of nitrogens with zero attached hydrogens (tertiary/aromatic N) is 3. The van der Waals surface area contributed by atoms with E-state index in [1.807, 2.05) is 6.07 Å². The van der Waals surface area contributed by atoms with Crippen LogP contribution < -0.4 is 5.11 Å². The first-order chi connectivity index (χ1) is 12.4. The number of nitriles is 1. The normalized spacial score (nSPS) is 11.5. The Bertz CT molecular complexity index is 873. The number of carbonyl (C=O) groups is 2. The molecule has 2 rings (SSSR count). The zero-order valence-electron chi connectivity index (χ0n) is 14.8. The summed E-state index contributed by atoms with van der Waals surface area (Å²) < 4.78 is 5.39. The molecule has 0 aromatic carbocycles. The molecule has 0 N–H and O–H groups in total. The molecule has 0 spiro atoms. The van der Waals surface area contributed by atoms with Gasteiger partial charge >= 0.3 is 5.97 Å². The van der Waals surface area contributed by atoms with E-state index in [0.29, 0.717) is 17.7 Å². The van der Waals surface area contributed by atoms with Crippen molar-refractivity contribution in [1.29, 1.82) is 5.26 Å². The van der Waals surface area contributed by atoms with Gasteiger partial charge in [0.05, 0.1) is 23.3 Å². The number of ether oxygens (including phenoxy) is 1. The van der Waals surface area contributed by atoms with Crippen LogP contribution in [0.2, 0.25) is 0 Å². The first-order valence-corrected chi connectivity index (χ1v) is 8.07. The Balaban J connectivity index is 2.62. The van der Waals surface area contributed by atoms with Gasteiger partial charge in [0.1, 0.15) is 6.10 Å². The summed E-state index contributed by atoms with van der Waals surface area (Å²) in [6, 6.07) is 5.29. The predicted octanol–water partition coefficient (Wildman–Crippen LogP) is 1.97. The van der Waals surface area contributed by atoms with Gasteiger partial charge in [-0.3, -0.25) is 9.97 Å². The minimum Gasteiger partial charge on any atom is -0.545 e. The van der Waals surface area contributed by atoms with Crippen LogP contribution in [0, 0.1) is 25.2 Å². The summed E-state index contributed by atoms with van der Waals surface area (Å²) in [6.07, 6.45) is 3.16. The Morgan fingerprint density at radius 3 is 2.58 bits per heavy atom. The van der Waals surface area contributed by atoms with Crippen LogP contribution in [-0.2, 0) is 4.74 Å². The second kappa shape index (κ2) is 8.21. The maximum absolute atomic E-state index is 12.7. The molecule has 0 aliphatic carbocycles. The third-order valence-corrected chi connectivity index (χ3v) is 3.89. The first-order valence-electron chi connectivity index (χ1n) is 8.07. The molecule has 7 nitrogen and oxygen atoms in total. The lowest BCUT2D eigenvalue weighted by Crippen LogP contribution is -2.27. The lowest BCUT2D eigenvalue weighted by molar-refractivity contribution is -0.255. The number of aromatic carboxylic acids is 1. The molecule has 1 unspecified atom stereocenters. The van der Waals surface area contributed by atoms with Crippen molar-refractivity contribution in [3.8, 4) is 17.2 Å². The number of hydrogen-bond donors (Lipinski definition) is 0. The van der Waals surface area contributed by atoms with Crippen molar-refractivity contribution < 1.29 is 19.4 Å². The number of hydrogen-bond acceptors (Lipinski definition) is 7. The summed E-state index contributed by atoms with van der Waals surface area (Å²) in [6.45, 7) is 4.83. The average Bonchev–Trinajstić information content (AvgIpc) is 2.59. The number of pyridine rings is 2. The first kappa shape index (κ1) is 19.1. The lowest BCUT2D eigenvalue weighted by Gasteiger charge is -2.20. The Morgan fingerprint density at radius 1 is 1.31 bits per heavy atom. The molecule has 0 amide bonds. The van der Waals surface area contributed by atoms with Crippen molar-refractivity contribution in [2.75, 3.05) is 0 Å². The van der Waals surface area contributed by atoms with E-state index in [1.54, 1.807) is 39.1 Å². The minimum absolute atomic E-state index is 0.0617. The molecule has 1 atom stereocenters. The van der Waals surface area contributed by atoms with Gasteiger partial charge in [-0.15, -0.1) is 0 Å². The summed E-state index contributed by atoms with van der Waals surface area (Å²) in [4.78, 5) is 32.6. The van der Waals surface area contributed by atoms with Crippen LogP contribution in [-0.4, -0.2) is 28.0 Å². The quantitative estimate of drug-likeness (QED) is 0.730. The fourth-order valence-electron chi connectivity index (χ4n) is 2.72. The molecule has 2 aromatic heterocycles. The fraction of sp³-hybridized carbons (Fsp3) is 0.316. The third kappa shape index (κ3) is 4.03. The molecule has 7 heteroatoms. The Labute approximate surface area is 151 Å². The molecule has 26 heavy (non-hydrogen) atoms. The van der Waals surface area contributed by atoms with E-state index in [-0.39, 0.29) is 28.8 Å². The molecule has 0 saturated carbocycles. The highest BCUT2D eigenvalue weighted by Gasteiger charge is 2.25. The lowest BCUT2D eigenvalue weighted by atomic mass is 9.93. The van der Waals surface area contributed by atoms with E-state index in [0.717, 1.165) is 0 Å². The fourth-order valence-corrected chi connectivity index (χ4v) is 2.72. The van der Waals surface area contributed by atoms with Crippen LogP contribution in [0.15, 0.2) is 24.5 Å². The molecule has 0 aliphatic rings. The second-order valence-corrected chi connectivity index (χ2v) is 5.85. The molecule has 0 bridgehead atoms. The number of aryl methyl sites for hydroxylation is 2.